The van der Waals surface area contributed by atoms with Crippen molar-refractivity contribution in [1.82, 2.24) is 9.97 Å². The molecule has 3 rings (SSSR count). The molecule has 1 aliphatic heterocycles. The van der Waals surface area contributed by atoms with Gasteiger partial charge in [-0.3, -0.25) is 0 Å². The Morgan fingerprint density at radius 1 is 1.20 bits per heavy atom. The van der Waals surface area contributed by atoms with E-state index < -0.39 is 0 Å². The maximum absolute atomic E-state index is 5.99. The van der Waals surface area contributed by atoms with E-state index in [0.717, 1.165) is 33.4 Å². The van der Waals surface area contributed by atoms with Crippen LogP contribution in [0.15, 0.2) is 23.2 Å². The first-order chi connectivity index (χ1) is 9.63. The Labute approximate surface area is 130 Å². The molecule has 2 heterocycles. The van der Waals surface area contributed by atoms with Crippen molar-refractivity contribution < 1.29 is 9.47 Å². The fraction of sp³-hybridized carbons (Fsp3) is 0.231. The van der Waals surface area contributed by atoms with Crippen LogP contribution in [0.5, 0.6) is 11.5 Å². The highest BCUT2D eigenvalue weighted by atomic mass is 35.5. The molecule has 4 nitrogen and oxygen atoms in total. The van der Waals surface area contributed by atoms with Crippen LogP contribution in [0.3, 0.4) is 0 Å². The lowest BCUT2D eigenvalue weighted by Crippen LogP contribution is -1.93. The van der Waals surface area contributed by atoms with E-state index in [0.29, 0.717) is 5.15 Å². The topological polar surface area (TPSA) is 44.2 Å². The second-order valence-electron chi connectivity index (χ2n) is 4.19. The quantitative estimate of drug-likeness (QED) is 0.482. The maximum atomic E-state index is 5.99. The van der Waals surface area contributed by atoms with E-state index >= 15 is 0 Å². The molecule has 0 radical (unpaired) electrons. The zero-order chi connectivity index (χ0) is 14.1. The largest absolute Gasteiger partial charge is 0.454 e. The van der Waals surface area contributed by atoms with Gasteiger partial charge in [0, 0.05) is 11.3 Å². The van der Waals surface area contributed by atoms with Gasteiger partial charge in [-0.2, -0.15) is 0 Å². The minimum atomic E-state index is 0.161. The molecule has 20 heavy (non-hydrogen) atoms. The van der Waals surface area contributed by atoms with Gasteiger partial charge < -0.3 is 9.47 Å². The summed E-state index contributed by atoms with van der Waals surface area (Å²) in [6, 6.07) is 5.88. The number of nitrogens with zero attached hydrogens (tertiary/aromatic N) is 2. The normalized spacial score (nSPS) is 12.8. The molecule has 0 fully saturated rings. The van der Waals surface area contributed by atoms with E-state index in [4.69, 9.17) is 32.7 Å². The number of aromatic nitrogens is 2. The predicted octanol–water partition coefficient (Wildman–Crippen LogP) is 4.11. The number of ether oxygens (including phenoxy) is 2. The summed E-state index contributed by atoms with van der Waals surface area (Å²) in [4.78, 5) is 8.10. The summed E-state index contributed by atoms with van der Waals surface area (Å²) in [5.41, 5.74) is 1.95. The minimum Gasteiger partial charge on any atom is -0.454 e. The van der Waals surface area contributed by atoms with Gasteiger partial charge in [-0.1, -0.05) is 17.7 Å². The van der Waals surface area contributed by atoms with Gasteiger partial charge in [0.1, 0.15) is 10.2 Å². The molecule has 0 bridgehead atoms. The van der Waals surface area contributed by atoms with Gasteiger partial charge >= 0.3 is 0 Å². The van der Waals surface area contributed by atoms with Crippen LogP contribution in [-0.2, 0) is 5.75 Å². The molecule has 1 aliphatic rings. The van der Waals surface area contributed by atoms with Gasteiger partial charge in [0.25, 0.3) is 0 Å². The summed E-state index contributed by atoms with van der Waals surface area (Å²) in [6.45, 7) is 2.16. The number of fused-ring (bicyclic) bond motifs is 1. The van der Waals surface area contributed by atoms with Crippen LogP contribution in [0.2, 0.25) is 10.4 Å². The highest BCUT2D eigenvalue weighted by Crippen LogP contribution is 2.35. The molecule has 0 N–H and O–H groups in total. The second kappa shape index (κ2) is 5.68. The van der Waals surface area contributed by atoms with E-state index in [1.165, 1.54) is 0 Å². The van der Waals surface area contributed by atoms with Gasteiger partial charge in [0.15, 0.2) is 11.5 Å². The van der Waals surface area contributed by atoms with Crippen molar-refractivity contribution in [2.75, 3.05) is 6.79 Å². The van der Waals surface area contributed by atoms with E-state index in [2.05, 4.69) is 9.97 Å². The van der Waals surface area contributed by atoms with Crippen molar-refractivity contribution in [3.05, 3.63) is 39.8 Å². The fourth-order valence-electron chi connectivity index (χ4n) is 1.77. The number of thioether (sulfide) groups is 1. The summed E-state index contributed by atoms with van der Waals surface area (Å²) in [7, 11) is 0. The Bertz CT molecular complexity index is 667. The maximum Gasteiger partial charge on any atom is 0.231 e. The SMILES string of the molecule is Cc1c(Cl)nc(Cl)nc1SCc1ccc2c(c1)OCO2. The van der Waals surface area contributed by atoms with Crippen molar-refractivity contribution in [2.24, 2.45) is 0 Å². The number of hydrogen-bond acceptors (Lipinski definition) is 5. The summed E-state index contributed by atoms with van der Waals surface area (Å²) in [6.07, 6.45) is 0. The van der Waals surface area contributed by atoms with Crippen molar-refractivity contribution in [3.63, 3.8) is 0 Å². The first-order valence-corrected chi connectivity index (χ1v) is 7.58. The number of halogens is 2. The van der Waals surface area contributed by atoms with Crippen molar-refractivity contribution in [3.8, 4) is 11.5 Å². The first kappa shape index (κ1) is 13.8. The van der Waals surface area contributed by atoms with Crippen molar-refractivity contribution in [2.45, 2.75) is 17.7 Å². The van der Waals surface area contributed by atoms with Gasteiger partial charge in [0.2, 0.25) is 12.1 Å². The first-order valence-electron chi connectivity index (χ1n) is 5.84. The molecular formula is C13H10Cl2N2O2S. The Kier molecular flexibility index (Phi) is 3.92. The van der Waals surface area contributed by atoms with E-state index in [1.807, 2.05) is 25.1 Å². The molecule has 0 saturated heterocycles. The zero-order valence-electron chi connectivity index (χ0n) is 10.5. The average molecular weight is 329 g/mol. The van der Waals surface area contributed by atoms with Gasteiger partial charge in [-0.15, -0.1) is 11.8 Å². The average Bonchev–Trinajstić information content (AvgIpc) is 2.88. The van der Waals surface area contributed by atoms with Crippen LogP contribution < -0.4 is 9.47 Å². The van der Waals surface area contributed by atoms with E-state index in [1.54, 1.807) is 11.8 Å². The van der Waals surface area contributed by atoms with Gasteiger partial charge in [0.05, 0.1) is 0 Å². The number of rotatable bonds is 3. The van der Waals surface area contributed by atoms with Crippen LogP contribution in [0.4, 0.5) is 0 Å². The lowest BCUT2D eigenvalue weighted by atomic mass is 10.2. The minimum absolute atomic E-state index is 0.161. The monoisotopic (exact) mass is 328 g/mol. The highest BCUT2D eigenvalue weighted by molar-refractivity contribution is 7.98. The molecular weight excluding hydrogens is 319 g/mol. The molecule has 1 aromatic carbocycles. The Morgan fingerprint density at radius 2 is 2.00 bits per heavy atom. The zero-order valence-corrected chi connectivity index (χ0v) is 12.8. The summed E-state index contributed by atoms with van der Waals surface area (Å²) < 4.78 is 10.6. The molecule has 0 spiro atoms. The third-order valence-electron chi connectivity index (χ3n) is 2.83. The number of benzene rings is 1. The van der Waals surface area contributed by atoms with Crippen LogP contribution in [0.25, 0.3) is 0 Å². The van der Waals surface area contributed by atoms with Gasteiger partial charge in [-0.05, 0) is 36.2 Å². The Balaban J connectivity index is 1.77. The molecule has 0 unspecified atom stereocenters. The smallest absolute Gasteiger partial charge is 0.231 e. The third kappa shape index (κ3) is 2.80. The van der Waals surface area contributed by atoms with E-state index in [9.17, 15) is 0 Å². The Morgan fingerprint density at radius 3 is 2.85 bits per heavy atom. The van der Waals surface area contributed by atoms with Crippen molar-refractivity contribution >= 4 is 35.0 Å². The highest BCUT2D eigenvalue weighted by Gasteiger charge is 2.14. The van der Waals surface area contributed by atoms with E-state index in [-0.39, 0.29) is 12.1 Å². The lowest BCUT2D eigenvalue weighted by Gasteiger charge is -2.07. The molecule has 0 saturated carbocycles. The van der Waals surface area contributed by atoms with Crippen LogP contribution in [-0.4, -0.2) is 16.8 Å². The van der Waals surface area contributed by atoms with Crippen LogP contribution in [0, 0.1) is 6.92 Å². The fourth-order valence-corrected chi connectivity index (χ4v) is 3.20. The number of hydrogen-bond donors (Lipinski definition) is 0. The van der Waals surface area contributed by atoms with Crippen molar-refractivity contribution in [1.29, 1.82) is 0 Å². The van der Waals surface area contributed by atoms with Crippen LogP contribution in [0.1, 0.15) is 11.1 Å². The summed E-state index contributed by atoms with van der Waals surface area (Å²) >= 11 is 13.4. The third-order valence-corrected chi connectivity index (χ3v) is 4.51. The molecule has 7 heteroatoms. The molecule has 0 amide bonds. The molecule has 1 aromatic heterocycles. The predicted molar refractivity (Wildman–Crippen MR) is 78.9 cm³/mol. The molecule has 104 valence electrons. The van der Waals surface area contributed by atoms with Gasteiger partial charge in [-0.25, -0.2) is 9.97 Å². The molecule has 2 aromatic rings. The molecule has 0 atom stereocenters. The van der Waals surface area contributed by atoms with Crippen LogP contribution >= 0.6 is 35.0 Å². The lowest BCUT2D eigenvalue weighted by molar-refractivity contribution is 0.174. The molecule has 0 aliphatic carbocycles. The summed E-state index contributed by atoms with van der Waals surface area (Å²) in [5.74, 6) is 2.29. The Hall–Kier alpha value is -1.17. The second-order valence-corrected chi connectivity index (χ2v) is 5.85. The standard InChI is InChI=1S/C13H10Cl2N2O2S/c1-7-11(14)16-13(15)17-12(7)20-5-8-2-3-9-10(4-8)19-6-18-9/h2-4H,5-6H2,1H3. The summed E-state index contributed by atoms with van der Waals surface area (Å²) in [5, 5.41) is 1.33.